The largest absolute Gasteiger partial charge is 0.497 e. The zero-order valence-corrected chi connectivity index (χ0v) is 16.5. The maximum absolute atomic E-state index is 12.5. The van der Waals surface area contributed by atoms with Gasteiger partial charge in [0, 0.05) is 28.2 Å². The molecule has 0 unspecified atom stereocenters. The molecular formula is C22H21NO4S. The van der Waals surface area contributed by atoms with Gasteiger partial charge >= 0.3 is 0 Å². The van der Waals surface area contributed by atoms with Crippen molar-refractivity contribution in [3.05, 3.63) is 83.9 Å². The van der Waals surface area contributed by atoms with Gasteiger partial charge in [0.1, 0.15) is 18.1 Å². The standard InChI is InChI=1S/C22H21NO4S/c1-25-19-10-6-16(7-11-19)15-27-20-5-3-4-17(14-20)22(24)23-18-8-12-21(13-9-18)28-26-2/h3-14H,15H2,1-2H3,(H,23,24). The van der Waals surface area contributed by atoms with Gasteiger partial charge in [-0.15, -0.1) is 0 Å². The van der Waals surface area contributed by atoms with Crippen LogP contribution in [0.1, 0.15) is 15.9 Å². The van der Waals surface area contributed by atoms with E-state index in [-0.39, 0.29) is 5.91 Å². The minimum absolute atomic E-state index is 0.193. The zero-order chi connectivity index (χ0) is 19.8. The van der Waals surface area contributed by atoms with E-state index in [0.717, 1.165) is 21.9 Å². The quantitative estimate of drug-likeness (QED) is 0.533. The molecule has 0 aliphatic heterocycles. The monoisotopic (exact) mass is 395 g/mol. The second-order valence-corrected chi connectivity index (χ2v) is 6.86. The molecule has 144 valence electrons. The van der Waals surface area contributed by atoms with Crippen LogP contribution in [-0.2, 0) is 10.8 Å². The fourth-order valence-corrected chi connectivity index (χ4v) is 2.95. The van der Waals surface area contributed by atoms with Gasteiger partial charge in [-0.25, -0.2) is 0 Å². The summed E-state index contributed by atoms with van der Waals surface area (Å²) in [6, 6.07) is 22.2. The SMILES string of the molecule is COSc1ccc(NC(=O)c2cccc(OCc3ccc(OC)cc3)c2)cc1. The van der Waals surface area contributed by atoms with Gasteiger partial charge in [0.25, 0.3) is 5.91 Å². The maximum Gasteiger partial charge on any atom is 0.255 e. The van der Waals surface area contributed by atoms with Crippen molar-refractivity contribution in [1.29, 1.82) is 0 Å². The second kappa shape index (κ2) is 9.82. The molecule has 0 saturated heterocycles. The van der Waals surface area contributed by atoms with Crippen LogP contribution in [0.2, 0.25) is 0 Å². The van der Waals surface area contributed by atoms with Crippen LogP contribution in [0.5, 0.6) is 11.5 Å². The first kappa shape index (κ1) is 19.8. The Hall–Kier alpha value is -2.96. The minimum atomic E-state index is -0.193. The van der Waals surface area contributed by atoms with E-state index in [4.69, 9.17) is 13.7 Å². The van der Waals surface area contributed by atoms with Gasteiger partial charge in [0.05, 0.1) is 14.2 Å². The van der Waals surface area contributed by atoms with Crippen LogP contribution in [-0.4, -0.2) is 20.1 Å². The van der Waals surface area contributed by atoms with Crippen molar-refractivity contribution in [1.82, 2.24) is 0 Å². The molecular weight excluding hydrogens is 374 g/mol. The molecule has 0 aromatic heterocycles. The highest BCUT2D eigenvalue weighted by molar-refractivity contribution is 7.94. The predicted octanol–water partition coefficient (Wildman–Crippen LogP) is 5.18. The van der Waals surface area contributed by atoms with Crippen LogP contribution in [0.4, 0.5) is 5.69 Å². The molecule has 0 aliphatic carbocycles. The lowest BCUT2D eigenvalue weighted by molar-refractivity contribution is 0.102. The number of anilines is 1. The van der Waals surface area contributed by atoms with E-state index in [1.54, 1.807) is 32.4 Å². The van der Waals surface area contributed by atoms with E-state index in [2.05, 4.69) is 5.32 Å². The van der Waals surface area contributed by atoms with E-state index < -0.39 is 0 Å². The van der Waals surface area contributed by atoms with Crippen LogP contribution in [0.15, 0.2) is 77.7 Å². The lowest BCUT2D eigenvalue weighted by Gasteiger charge is -2.10. The summed E-state index contributed by atoms with van der Waals surface area (Å²) < 4.78 is 16.0. The van der Waals surface area contributed by atoms with Gasteiger partial charge in [-0.2, -0.15) is 0 Å². The number of hydrogen-bond donors (Lipinski definition) is 1. The van der Waals surface area contributed by atoms with Gasteiger partial charge < -0.3 is 19.0 Å². The molecule has 0 bridgehead atoms. The van der Waals surface area contributed by atoms with Crippen molar-refractivity contribution >= 4 is 23.6 Å². The fraction of sp³-hybridized carbons (Fsp3) is 0.136. The van der Waals surface area contributed by atoms with Gasteiger partial charge in [0.2, 0.25) is 0 Å². The summed E-state index contributed by atoms with van der Waals surface area (Å²) >= 11 is 1.27. The molecule has 0 heterocycles. The van der Waals surface area contributed by atoms with Crippen LogP contribution in [0.3, 0.4) is 0 Å². The Labute approximate surface area is 168 Å². The smallest absolute Gasteiger partial charge is 0.255 e. The highest BCUT2D eigenvalue weighted by Crippen LogP contribution is 2.21. The van der Waals surface area contributed by atoms with Crippen LogP contribution in [0.25, 0.3) is 0 Å². The normalized spacial score (nSPS) is 10.4. The number of methoxy groups -OCH3 is 1. The summed E-state index contributed by atoms with van der Waals surface area (Å²) in [5, 5.41) is 2.88. The molecule has 6 heteroatoms. The molecule has 0 fully saturated rings. The van der Waals surface area contributed by atoms with Crippen molar-refractivity contribution in [3.63, 3.8) is 0 Å². The van der Waals surface area contributed by atoms with Crippen LogP contribution < -0.4 is 14.8 Å². The molecule has 5 nitrogen and oxygen atoms in total. The molecule has 1 amide bonds. The highest BCUT2D eigenvalue weighted by atomic mass is 32.2. The first-order valence-corrected chi connectivity index (χ1v) is 9.40. The van der Waals surface area contributed by atoms with E-state index in [1.807, 2.05) is 54.6 Å². The number of carbonyl (C=O) groups excluding carboxylic acids is 1. The fourth-order valence-electron chi connectivity index (χ4n) is 2.51. The molecule has 3 aromatic carbocycles. The van der Waals surface area contributed by atoms with Crippen LogP contribution in [0, 0.1) is 0 Å². The molecule has 1 N–H and O–H groups in total. The topological polar surface area (TPSA) is 56.8 Å². The first-order chi connectivity index (χ1) is 13.7. The number of rotatable bonds is 8. The summed E-state index contributed by atoms with van der Waals surface area (Å²) in [7, 11) is 3.25. The summed E-state index contributed by atoms with van der Waals surface area (Å²) in [6.07, 6.45) is 0. The van der Waals surface area contributed by atoms with E-state index >= 15 is 0 Å². The summed E-state index contributed by atoms with van der Waals surface area (Å²) in [4.78, 5) is 13.5. The third-order valence-electron chi connectivity index (χ3n) is 3.95. The maximum atomic E-state index is 12.5. The number of benzene rings is 3. The number of carbonyl (C=O) groups is 1. The summed E-state index contributed by atoms with van der Waals surface area (Å²) in [5.74, 6) is 1.24. The van der Waals surface area contributed by atoms with Gasteiger partial charge in [-0.1, -0.05) is 18.2 Å². The molecule has 0 radical (unpaired) electrons. The predicted molar refractivity (Wildman–Crippen MR) is 111 cm³/mol. The number of nitrogens with one attached hydrogen (secondary N) is 1. The number of hydrogen-bond acceptors (Lipinski definition) is 5. The Balaban J connectivity index is 1.60. The molecule has 0 saturated carbocycles. The van der Waals surface area contributed by atoms with Gasteiger partial charge in [-0.05, 0) is 60.2 Å². The molecule has 3 rings (SSSR count). The van der Waals surface area contributed by atoms with E-state index in [1.165, 1.54) is 12.0 Å². The molecule has 28 heavy (non-hydrogen) atoms. The lowest BCUT2D eigenvalue weighted by atomic mass is 10.2. The Morgan fingerprint density at radius 3 is 2.36 bits per heavy atom. The van der Waals surface area contributed by atoms with Crippen molar-refractivity contribution in [3.8, 4) is 11.5 Å². The van der Waals surface area contributed by atoms with Gasteiger partial charge in [0.15, 0.2) is 0 Å². The number of amides is 1. The molecule has 0 aliphatic rings. The highest BCUT2D eigenvalue weighted by Gasteiger charge is 2.08. The minimum Gasteiger partial charge on any atom is -0.497 e. The number of ether oxygens (including phenoxy) is 2. The molecule has 0 atom stereocenters. The Kier molecular flexibility index (Phi) is 6.94. The lowest BCUT2D eigenvalue weighted by Crippen LogP contribution is -2.11. The van der Waals surface area contributed by atoms with Crippen molar-refractivity contribution in [2.24, 2.45) is 0 Å². The second-order valence-electron chi connectivity index (χ2n) is 5.89. The Morgan fingerprint density at radius 1 is 0.929 bits per heavy atom. The Bertz CT molecular complexity index is 911. The average molecular weight is 395 g/mol. The van der Waals surface area contributed by atoms with E-state index in [9.17, 15) is 4.79 Å². The van der Waals surface area contributed by atoms with Crippen molar-refractivity contribution in [2.45, 2.75) is 11.5 Å². The third-order valence-corrected chi connectivity index (χ3v) is 4.58. The summed E-state index contributed by atoms with van der Waals surface area (Å²) in [5.41, 5.74) is 2.27. The third kappa shape index (κ3) is 5.52. The molecule has 3 aromatic rings. The van der Waals surface area contributed by atoms with Crippen molar-refractivity contribution in [2.75, 3.05) is 19.5 Å². The first-order valence-electron chi connectivity index (χ1n) is 8.66. The molecule has 0 spiro atoms. The van der Waals surface area contributed by atoms with Gasteiger partial charge in [-0.3, -0.25) is 4.79 Å². The summed E-state index contributed by atoms with van der Waals surface area (Å²) in [6.45, 7) is 0.410. The Morgan fingerprint density at radius 2 is 1.68 bits per heavy atom. The van der Waals surface area contributed by atoms with Crippen molar-refractivity contribution < 1.29 is 18.5 Å². The average Bonchev–Trinajstić information content (AvgIpc) is 2.74. The van der Waals surface area contributed by atoms with Crippen LogP contribution >= 0.6 is 12.0 Å². The van der Waals surface area contributed by atoms with E-state index in [0.29, 0.717) is 17.9 Å². The zero-order valence-electron chi connectivity index (χ0n) is 15.7.